The van der Waals surface area contributed by atoms with Crippen LogP contribution in [0.3, 0.4) is 0 Å². The van der Waals surface area contributed by atoms with Crippen LogP contribution in [0, 0.1) is 5.92 Å². The van der Waals surface area contributed by atoms with E-state index in [2.05, 4.69) is 32.0 Å². The van der Waals surface area contributed by atoms with Crippen molar-refractivity contribution in [2.45, 2.75) is 45.3 Å². The summed E-state index contributed by atoms with van der Waals surface area (Å²) in [6.45, 7) is 5.82. The van der Waals surface area contributed by atoms with Crippen molar-refractivity contribution in [2.75, 3.05) is 13.1 Å². The van der Waals surface area contributed by atoms with Crippen LogP contribution in [-0.2, 0) is 17.8 Å². The van der Waals surface area contributed by atoms with Crippen molar-refractivity contribution < 1.29 is 14.6 Å². The number of hydrogen-bond acceptors (Lipinski definition) is 3. The van der Waals surface area contributed by atoms with Crippen molar-refractivity contribution in [3.05, 3.63) is 29.3 Å². The van der Waals surface area contributed by atoms with Gasteiger partial charge in [0.15, 0.2) is 0 Å². The summed E-state index contributed by atoms with van der Waals surface area (Å²) >= 11 is 0. The molecule has 1 aliphatic heterocycles. The molecule has 0 aromatic heterocycles. The van der Waals surface area contributed by atoms with E-state index in [-0.39, 0.29) is 12.1 Å². The van der Waals surface area contributed by atoms with Crippen LogP contribution in [0.4, 0.5) is 0 Å². The molecule has 1 saturated carbocycles. The molecule has 1 aromatic rings. The van der Waals surface area contributed by atoms with Crippen molar-refractivity contribution in [1.29, 1.82) is 0 Å². The Morgan fingerprint density at radius 2 is 2.19 bits per heavy atom. The first-order valence-electron chi connectivity index (χ1n) is 7.67. The molecule has 1 aliphatic carbocycles. The van der Waals surface area contributed by atoms with Gasteiger partial charge in [0.1, 0.15) is 11.4 Å². The highest BCUT2D eigenvalue weighted by Gasteiger charge is 2.32. The van der Waals surface area contributed by atoms with E-state index >= 15 is 0 Å². The lowest BCUT2D eigenvalue weighted by Gasteiger charge is -2.22. The predicted octanol–water partition coefficient (Wildman–Crippen LogP) is 2.70. The van der Waals surface area contributed by atoms with Gasteiger partial charge in [0, 0.05) is 25.1 Å². The van der Waals surface area contributed by atoms with Gasteiger partial charge in [-0.15, -0.1) is 0 Å². The van der Waals surface area contributed by atoms with Crippen molar-refractivity contribution in [2.24, 2.45) is 5.92 Å². The fourth-order valence-electron chi connectivity index (χ4n) is 3.09. The molecule has 0 radical (unpaired) electrons. The van der Waals surface area contributed by atoms with Gasteiger partial charge in [-0.3, -0.25) is 9.69 Å². The SMILES string of the molecule is CC1(C)Cc2cccc(CN(CC(=O)O)CC3CC3)c2O1. The van der Waals surface area contributed by atoms with Gasteiger partial charge in [-0.2, -0.15) is 0 Å². The number of carboxylic acids is 1. The number of carbonyl (C=O) groups is 1. The fraction of sp³-hybridized carbons (Fsp3) is 0.588. The summed E-state index contributed by atoms with van der Waals surface area (Å²) in [6.07, 6.45) is 3.37. The molecule has 0 bridgehead atoms. The number of benzene rings is 1. The molecule has 0 saturated heterocycles. The maximum atomic E-state index is 11.1. The lowest BCUT2D eigenvalue weighted by Crippen LogP contribution is -2.31. The van der Waals surface area contributed by atoms with Crippen LogP contribution in [0.25, 0.3) is 0 Å². The number of nitrogens with zero attached hydrogens (tertiary/aromatic N) is 1. The maximum Gasteiger partial charge on any atom is 0.317 e. The Hall–Kier alpha value is -1.55. The number of fused-ring (bicyclic) bond motifs is 1. The largest absolute Gasteiger partial charge is 0.487 e. The van der Waals surface area contributed by atoms with Gasteiger partial charge in [-0.25, -0.2) is 0 Å². The smallest absolute Gasteiger partial charge is 0.317 e. The molecule has 1 fully saturated rings. The Kier molecular flexibility index (Phi) is 3.66. The summed E-state index contributed by atoms with van der Waals surface area (Å²) < 4.78 is 6.08. The molecule has 114 valence electrons. The summed E-state index contributed by atoms with van der Waals surface area (Å²) in [7, 11) is 0. The first kappa shape index (κ1) is 14.4. The Morgan fingerprint density at radius 1 is 1.43 bits per heavy atom. The summed E-state index contributed by atoms with van der Waals surface area (Å²) in [4.78, 5) is 13.1. The van der Waals surface area contributed by atoms with E-state index < -0.39 is 5.97 Å². The van der Waals surface area contributed by atoms with E-state index in [9.17, 15) is 4.79 Å². The minimum Gasteiger partial charge on any atom is -0.487 e. The Bertz CT molecular complexity index is 549. The molecule has 0 amide bonds. The summed E-state index contributed by atoms with van der Waals surface area (Å²) in [5.41, 5.74) is 2.19. The maximum absolute atomic E-state index is 11.1. The van der Waals surface area contributed by atoms with E-state index in [4.69, 9.17) is 9.84 Å². The molecule has 0 atom stereocenters. The zero-order valence-electron chi connectivity index (χ0n) is 12.8. The third-order valence-electron chi connectivity index (χ3n) is 4.14. The quantitative estimate of drug-likeness (QED) is 0.875. The minimum absolute atomic E-state index is 0.101. The van der Waals surface area contributed by atoms with Crippen molar-refractivity contribution in [1.82, 2.24) is 4.90 Å². The highest BCUT2D eigenvalue weighted by Crippen LogP contribution is 2.38. The second-order valence-corrected chi connectivity index (χ2v) is 6.95. The van der Waals surface area contributed by atoms with E-state index in [1.165, 1.54) is 18.4 Å². The third kappa shape index (κ3) is 3.56. The number of rotatable bonds is 6. The first-order valence-corrected chi connectivity index (χ1v) is 7.67. The third-order valence-corrected chi connectivity index (χ3v) is 4.14. The standard InChI is InChI=1S/C17H23NO3/c1-17(2)8-13-4-3-5-14(16(13)21-17)10-18(11-15(19)20)9-12-6-7-12/h3-5,12H,6-11H2,1-2H3,(H,19,20). The van der Waals surface area contributed by atoms with Gasteiger partial charge in [-0.1, -0.05) is 18.2 Å². The molecular weight excluding hydrogens is 266 g/mol. The molecule has 1 aromatic carbocycles. The van der Waals surface area contributed by atoms with Crippen LogP contribution in [0.15, 0.2) is 18.2 Å². The number of para-hydroxylation sites is 1. The van der Waals surface area contributed by atoms with Gasteiger partial charge in [0.25, 0.3) is 0 Å². The first-order chi connectivity index (χ1) is 9.93. The average molecular weight is 289 g/mol. The predicted molar refractivity (Wildman–Crippen MR) is 80.5 cm³/mol. The second kappa shape index (κ2) is 5.34. The molecule has 0 unspecified atom stereocenters. The van der Waals surface area contributed by atoms with E-state index in [0.717, 1.165) is 24.3 Å². The normalized spacial score (nSPS) is 19.4. The lowest BCUT2D eigenvalue weighted by molar-refractivity contribution is -0.138. The molecule has 3 rings (SSSR count). The number of aliphatic carboxylic acids is 1. The van der Waals surface area contributed by atoms with Gasteiger partial charge < -0.3 is 9.84 Å². The summed E-state index contributed by atoms with van der Waals surface area (Å²) in [6, 6.07) is 6.22. The number of ether oxygens (including phenoxy) is 1. The molecule has 4 nitrogen and oxygen atoms in total. The van der Waals surface area contributed by atoms with Gasteiger partial charge >= 0.3 is 5.97 Å². The Labute approximate surface area is 125 Å². The molecule has 1 N–H and O–H groups in total. The zero-order chi connectivity index (χ0) is 15.0. The molecular formula is C17H23NO3. The molecule has 21 heavy (non-hydrogen) atoms. The molecule has 4 heteroatoms. The monoisotopic (exact) mass is 289 g/mol. The van der Waals surface area contributed by atoms with Crippen molar-refractivity contribution in [3.8, 4) is 5.75 Å². The Morgan fingerprint density at radius 3 is 2.86 bits per heavy atom. The highest BCUT2D eigenvalue weighted by molar-refractivity contribution is 5.69. The highest BCUT2D eigenvalue weighted by atomic mass is 16.5. The van der Waals surface area contributed by atoms with Crippen molar-refractivity contribution in [3.63, 3.8) is 0 Å². The van der Waals surface area contributed by atoms with E-state index in [0.29, 0.717) is 12.5 Å². The summed E-state index contributed by atoms with van der Waals surface area (Å²) in [5.74, 6) is 0.886. The van der Waals surface area contributed by atoms with Crippen LogP contribution in [-0.4, -0.2) is 34.7 Å². The number of carboxylic acid groups (broad SMARTS) is 1. The van der Waals surface area contributed by atoms with Crippen molar-refractivity contribution >= 4 is 5.97 Å². The molecule has 2 aliphatic rings. The molecule has 0 spiro atoms. The van der Waals surface area contributed by atoms with Crippen LogP contribution < -0.4 is 4.74 Å². The topological polar surface area (TPSA) is 49.8 Å². The Balaban J connectivity index is 1.77. The number of hydrogen-bond donors (Lipinski definition) is 1. The van der Waals surface area contributed by atoms with Gasteiger partial charge in [0.2, 0.25) is 0 Å². The van der Waals surface area contributed by atoms with E-state index in [1.807, 2.05) is 4.90 Å². The minimum atomic E-state index is -0.760. The molecule has 1 heterocycles. The fourth-order valence-corrected chi connectivity index (χ4v) is 3.09. The van der Waals surface area contributed by atoms with Crippen LogP contribution >= 0.6 is 0 Å². The second-order valence-electron chi connectivity index (χ2n) is 6.95. The van der Waals surface area contributed by atoms with Crippen LogP contribution in [0.1, 0.15) is 37.8 Å². The average Bonchev–Trinajstić information content (AvgIpc) is 3.09. The summed E-state index contributed by atoms with van der Waals surface area (Å²) in [5, 5.41) is 9.10. The lowest BCUT2D eigenvalue weighted by atomic mass is 10.0. The van der Waals surface area contributed by atoms with E-state index in [1.54, 1.807) is 0 Å². The van der Waals surface area contributed by atoms with Crippen LogP contribution in [0.2, 0.25) is 0 Å². The van der Waals surface area contributed by atoms with Crippen LogP contribution in [0.5, 0.6) is 5.75 Å². The van der Waals surface area contributed by atoms with Gasteiger partial charge in [-0.05, 0) is 38.2 Å². The van der Waals surface area contributed by atoms with Gasteiger partial charge in [0.05, 0.1) is 6.54 Å². The zero-order valence-corrected chi connectivity index (χ0v) is 12.8.